The van der Waals surface area contributed by atoms with Gasteiger partial charge in [-0.25, -0.2) is 4.39 Å². The Hall–Kier alpha value is -0.190. The highest BCUT2D eigenvalue weighted by Crippen LogP contribution is 2.34. The lowest BCUT2D eigenvalue weighted by Gasteiger charge is -2.29. The third-order valence-electron chi connectivity index (χ3n) is 2.76. The Labute approximate surface area is 105 Å². The summed E-state index contributed by atoms with van der Waals surface area (Å²) in [6.45, 7) is 0. The van der Waals surface area contributed by atoms with Gasteiger partial charge in [-0.1, -0.05) is 18.2 Å². The maximum Gasteiger partial charge on any atom is 0.128 e. The summed E-state index contributed by atoms with van der Waals surface area (Å²) < 4.78 is 13.7. The molecule has 1 aliphatic rings. The van der Waals surface area contributed by atoms with E-state index in [-0.39, 0.29) is 11.9 Å². The standard InChI is InChI=1S/C12H16FNS2/c1-14-12(11-8-15-6-7-16-11)9-4-2-3-5-10(9)13/h2-5,11-12,14H,6-8H2,1H3. The lowest BCUT2D eigenvalue weighted by atomic mass is 10.0. The average Bonchev–Trinajstić information content (AvgIpc) is 2.34. The summed E-state index contributed by atoms with van der Waals surface area (Å²) in [5, 5.41) is 3.73. The first-order chi connectivity index (χ1) is 7.83. The predicted molar refractivity (Wildman–Crippen MR) is 71.8 cm³/mol. The molecular formula is C12H16FNS2. The molecule has 0 amide bonds. The molecule has 4 heteroatoms. The molecule has 2 rings (SSSR count). The number of rotatable bonds is 3. The summed E-state index contributed by atoms with van der Waals surface area (Å²) in [5.74, 6) is 3.39. The molecule has 0 bridgehead atoms. The molecule has 0 aromatic heterocycles. The van der Waals surface area contributed by atoms with Crippen molar-refractivity contribution >= 4 is 23.5 Å². The van der Waals surface area contributed by atoms with Crippen LogP contribution >= 0.6 is 23.5 Å². The Morgan fingerprint density at radius 2 is 2.19 bits per heavy atom. The summed E-state index contributed by atoms with van der Waals surface area (Å²) in [6, 6.07) is 7.20. The topological polar surface area (TPSA) is 12.0 Å². The Kier molecular flexibility index (Phi) is 4.55. The van der Waals surface area contributed by atoms with Gasteiger partial charge in [0.2, 0.25) is 0 Å². The molecule has 0 radical (unpaired) electrons. The van der Waals surface area contributed by atoms with Gasteiger partial charge in [-0.3, -0.25) is 0 Å². The van der Waals surface area contributed by atoms with Crippen molar-refractivity contribution in [2.24, 2.45) is 0 Å². The van der Waals surface area contributed by atoms with Crippen LogP contribution in [0.15, 0.2) is 24.3 Å². The van der Waals surface area contributed by atoms with E-state index in [1.54, 1.807) is 12.1 Å². The molecule has 1 N–H and O–H groups in total. The summed E-state index contributed by atoms with van der Waals surface area (Å²) >= 11 is 3.91. The number of halogens is 1. The second-order valence-electron chi connectivity index (χ2n) is 3.77. The van der Waals surface area contributed by atoms with Gasteiger partial charge in [0.25, 0.3) is 0 Å². The van der Waals surface area contributed by atoms with Crippen LogP contribution in [-0.2, 0) is 0 Å². The van der Waals surface area contributed by atoms with Crippen LogP contribution in [0, 0.1) is 5.82 Å². The quantitative estimate of drug-likeness (QED) is 0.894. The van der Waals surface area contributed by atoms with Gasteiger partial charge in [-0.05, 0) is 13.1 Å². The lowest BCUT2D eigenvalue weighted by molar-refractivity contribution is 0.534. The van der Waals surface area contributed by atoms with Gasteiger partial charge in [0.05, 0.1) is 0 Å². The van der Waals surface area contributed by atoms with Crippen LogP contribution in [0.1, 0.15) is 11.6 Å². The van der Waals surface area contributed by atoms with E-state index in [0.29, 0.717) is 5.25 Å². The predicted octanol–water partition coefficient (Wildman–Crippen LogP) is 2.93. The zero-order chi connectivity index (χ0) is 11.4. The minimum atomic E-state index is -0.0991. The zero-order valence-corrected chi connectivity index (χ0v) is 10.9. The van der Waals surface area contributed by atoms with E-state index in [1.807, 2.05) is 42.7 Å². The zero-order valence-electron chi connectivity index (χ0n) is 9.28. The van der Waals surface area contributed by atoms with Gasteiger partial charge in [-0.15, -0.1) is 0 Å². The maximum absolute atomic E-state index is 13.7. The number of hydrogen-bond acceptors (Lipinski definition) is 3. The van der Waals surface area contributed by atoms with Crippen LogP contribution in [0.2, 0.25) is 0 Å². The van der Waals surface area contributed by atoms with Gasteiger partial charge in [-0.2, -0.15) is 23.5 Å². The molecule has 2 unspecified atom stereocenters. The van der Waals surface area contributed by atoms with Crippen molar-refractivity contribution in [2.45, 2.75) is 11.3 Å². The molecule has 2 atom stereocenters. The van der Waals surface area contributed by atoms with Crippen molar-refractivity contribution < 1.29 is 4.39 Å². The molecule has 1 aromatic rings. The van der Waals surface area contributed by atoms with E-state index in [1.165, 1.54) is 11.5 Å². The molecule has 0 spiro atoms. The van der Waals surface area contributed by atoms with E-state index in [4.69, 9.17) is 0 Å². The fraction of sp³-hybridized carbons (Fsp3) is 0.500. The Balaban J connectivity index is 2.18. The van der Waals surface area contributed by atoms with E-state index in [9.17, 15) is 4.39 Å². The second-order valence-corrected chi connectivity index (χ2v) is 6.27. The second kappa shape index (κ2) is 5.94. The largest absolute Gasteiger partial charge is 0.312 e. The summed E-state index contributed by atoms with van der Waals surface area (Å²) in [5.41, 5.74) is 0.796. The molecule has 1 saturated heterocycles. The van der Waals surface area contributed by atoms with Crippen molar-refractivity contribution in [1.82, 2.24) is 5.32 Å². The monoisotopic (exact) mass is 257 g/mol. The van der Waals surface area contributed by atoms with Gasteiger partial charge >= 0.3 is 0 Å². The highest BCUT2D eigenvalue weighted by Gasteiger charge is 2.26. The normalized spacial score (nSPS) is 23.0. The van der Waals surface area contributed by atoms with Crippen molar-refractivity contribution in [1.29, 1.82) is 0 Å². The van der Waals surface area contributed by atoms with E-state index in [0.717, 1.165) is 11.3 Å². The Morgan fingerprint density at radius 3 is 2.81 bits per heavy atom. The van der Waals surface area contributed by atoms with Crippen molar-refractivity contribution in [3.8, 4) is 0 Å². The minimum Gasteiger partial charge on any atom is -0.312 e. The third kappa shape index (κ3) is 2.73. The first kappa shape index (κ1) is 12.3. The van der Waals surface area contributed by atoms with Gasteiger partial charge in [0.1, 0.15) is 5.82 Å². The molecule has 1 aromatic carbocycles. The van der Waals surface area contributed by atoms with E-state index in [2.05, 4.69) is 5.32 Å². The summed E-state index contributed by atoms with van der Waals surface area (Å²) in [7, 11) is 1.91. The van der Waals surface area contributed by atoms with Crippen LogP contribution in [-0.4, -0.2) is 29.6 Å². The molecular weight excluding hydrogens is 241 g/mol. The lowest BCUT2D eigenvalue weighted by Crippen LogP contribution is -2.32. The number of benzene rings is 1. The van der Waals surface area contributed by atoms with Crippen LogP contribution in [0.4, 0.5) is 4.39 Å². The van der Waals surface area contributed by atoms with Crippen molar-refractivity contribution in [3.05, 3.63) is 35.6 Å². The van der Waals surface area contributed by atoms with E-state index >= 15 is 0 Å². The summed E-state index contributed by atoms with van der Waals surface area (Å²) in [6.07, 6.45) is 0. The fourth-order valence-electron chi connectivity index (χ4n) is 1.97. The van der Waals surface area contributed by atoms with E-state index < -0.39 is 0 Å². The maximum atomic E-state index is 13.7. The number of thioether (sulfide) groups is 2. The van der Waals surface area contributed by atoms with Gasteiger partial charge in [0.15, 0.2) is 0 Å². The highest BCUT2D eigenvalue weighted by molar-refractivity contribution is 8.06. The van der Waals surface area contributed by atoms with Crippen LogP contribution in [0.3, 0.4) is 0 Å². The molecule has 0 aliphatic carbocycles. The van der Waals surface area contributed by atoms with Crippen LogP contribution in [0.25, 0.3) is 0 Å². The molecule has 16 heavy (non-hydrogen) atoms. The van der Waals surface area contributed by atoms with Gasteiger partial charge in [0, 0.05) is 34.1 Å². The average molecular weight is 257 g/mol. The highest BCUT2D eigenvalue weighted by atomic mass is 32.2. The SMILES string of the molecule is CNC(c1ccccc1F)C1CSCCS1. The smallest absolute Gasteiger partial charge is 0.128 e. The molecule has 1 aliphatic heterocycles. The van der Waals surface area contributed by atoms with Crippen molar-refractivity contribution in [2.75, 3.05) is 24.3 Å². The van der Waals surface area contributed by atoms with Crippen molar-refractivity contribution in [3.63, 3.8) is 0 Å². The Morgan fingerprint density at radius 1 is 1.38 bits per heavy atom. The first-order valence-electron chi connectivity index (χ1n) is 5.44. The third-order valence-corrected chi connectivity index (χ3v) is 5.63. The first-order valence-corrected chi connectivity index (χ1v) is 7.64. The van der Waals surface area contributed by atoms with Crippen LogP contribution < -0.4 is 5.32 Å². The molecule has 0 saturated carbocycles. The molecule has 88 valence electrons. The molecule has 1 nitrogen and oxygen atoms in total. The van der Waals surface area contributed by atoms with Crippen LogP contribution in [0.5, 0.6) is 0 Å². The Bertz CT molecular complexity index is 340. The molecule has 1 fully saturated rings. The van der Waals surface area contributed by atoms with Gasteiger partial charge < -0.3 is 5.32 Å². The summed E-state index contributed by atoms with van der Waals surface area (Å²) in [4.78, 5) is 0. The molecule has 1 heterocycles. The number of hydrogen-bond donors (Lipinski definition) is 1. The number of nitrogens with one attached hydrogen (secondary N) is 1. The fourth-order valence-corrected chi connectivity index (χ4v) is 4.87. The minimum absolute atomic E-state index is 0.0991.